The van der Waals surface area contributed by atoms with Gasteiger partial charge in [0, 0.05) is 44.5 Å². The number of piperidine rings is 1. The molecule has 0 radical (unpaired) electrons. The number of likely N-dealkylation sites (tertiary alicyclic amines) is 1. The van der Waals surface area contributed by atoms with Crippen molar-refractivity contribution in [3.05, 3.63) is 75.7 Å². The van der Waals surface area contributed by atoms with E-state index in [2.05, 4.69) is 15.6 Å². The van der Waals surface area contributed by atoms with Crippen LogP contribution in [-0.2, 0) is 35.1 Å². The van der Waals surface area contributed by atoms with Gasteiger partial charge in [-0.25, -0.2) is 4.98 Å². The molecule has 1 saturated heterocycles. The molecule has 0 saturated carbocycles. The first-order chi connectivity index (χ1) is 28.2. The lowest BCUT2D eigenvalue weighted by Crippen LogP contribution is -2.59. The van der Waals surface area contributed by atoms with Crippen LogP contribution in [0.1, 0.15) is 112 Å². The second-order valence-corrected chi connectivity index (χ2v) is 17.3. The summed E-state index contributed by atoms with van der Waals surface area (Å²) in [7, 11) is 3.51. The van der Waals surface area contributed by atoms with Crippen LogP contribution in [-0.4, -0.2) is 108 Å². The van der Waals surface area contributed by atoms with E-state index in [9.17, 15) is 29.1 Å². The summed E-state index contributed by atoms with van der Waals surface area (Å²) >= 11 is 1.18. The average molecular weight is 832 g/mol. The topological polar surface area (TPSA) is 167 Å². The van der Waals surface area contributed by atoms with Crippen LogP contribution in [0.3, 0.4) is 0 Å². The standard InChI is InChI=1S/C45H61N5O8S/c1-8-28(4)40(48-42(53)37-16-12-13-19-49(37)6)44(54)50(20-21-57-7)38(27(2)3)25-39(58-29(5)51)43-47-36(26-59-43)41(52)46-33-22-32-18-17-31(30-14-10-9-11-15-30)23-34(32)35(24-33)45(55)56/h9-11,14-15,17-18,23,26-28,33,35,37-40H,8,12-13,16,19-22,24-25H2,1-7H3,(H,46,52)(H,48,53)(H,55,56)/t28?,33-,35+,37?,38+,39+,40?/m0/s1. The number of likely N-dealkylation sites (N-methyl/N-ethyl adjacent to an activating group) is 1. The van der Waals surface area contributed by atoms with Crippen molar-refractivity contribution in [2.24, 2.45) is 11.8 Å². The largest absolute Gasteiger partial charge is 0.481 e. The van der Waals surface area contributed by atoms with E-state index in [1.807, 2.05) is 88.2 Å². The first-order valence-electron chi connectivity index (χ1n) is 20.9. The fourth-order valence-electron chi connectivity index (χ4n) is 8.34. The fraction of sp³-hybridized carbons (Fsp3) is 0.556. The Balaban J connectivity index is 1.35. The number of aromatic nitrogens is 1. The van der Waals surface area contributed by atoms with Crippen molar-refractivity contribution >= 4 is 41.0 Å². The molecule has 13 nitrogen and oxygen atoms in total. The molecule has 3 N–H and O–H groups in total. The lowest BCUT2D eigenvalue weighted by Gasteiger charge is -2.40. The molecule has 2 aromatic carbocycles. The molecule has 0 bridgehead atoms. The van der Waals surface area contributed by atoms with Gasteiger partial charge in [-0.15, -0.1) is 11.3 Å². The number of ether oxygens (including phenoxy) is 2. The van der Waals surface area contributed by atoms with E-state index in [1.165, 1.54) is 18.3 Å². The molecule has 1 aromatic heterocycles. The Morgan fingerprint density at radius 2 is 1.80 bits per heavy atom. The number of esters is 1. The molecule has 14 heteroatoms. The Labute approximate surface area is 352 Å². The maximum Gasteiger partial charge on any atom is 0.311 e. The van der Waals surface area contributed by atoms with Crippen molar-refractivity contribution in [2.75, 3.05) is 33.9 Å². The van der Waals surface area contributed by atoms with Crippen molar-refractivity contribution in [3.63, 3.8) is 0 Å². The molecule has 0 spiro atoms. The summed E-state index contributed by atoms with van der Waals surface area (Å²) in [6.07, 6.45) is 3.38. The predicted octanol–water partition coefficient (Wildman–Crippen LogP) is 6.23. The van der Waals surface area contributed by atoms with Crippen LogP contribution in [0.5, 0.6) is 0 Å². The van der Waals surface area contributed by atoms with Gasteiger partial charge in [-0.1, -0.05) is 89.1 Å². The second-order valence-electron chi connectivity index (χ2n) is 16.4. The molecule has 3 unspecified atom stereocenters. The number of carboxylic acids is 1. The number of thiazole rings is 1. The minimum absolute atomic E-state index is 0.102. The lowest BCUT2D eigenvalue weighted by molar-refractivity contribution is -0.150. The lowest BCUT2D eigenvalue weighted by atomic mass is 9.79. The van der Waals surface area contributed by atoms with Gasteiger partial charge < -0.3 is 30.1 Å². The zero-order valence-corrected chi connectivity index (χ0v) is 36.3. The molecule has 2 aliphatic rings. The number of hydrogen-bond acceptors (Lipinski definition) is 10. The number of carbonyl (C=O) groups is 5. The van der Waals surface area contributed by atoms with E-state index in [-0.39, 0.29) is 61.4 Å². The SMILES string of the molecule is CCC(C)C(NC(=O)C1CCCCN1C)C(=O)N(CCOC)[C@H](C[C@@H](OC(C)=O)c1nc(C(=O)N[C@H]2Cc3ccc(-c4ccccc4)cc3[C@H](C(=O)O)C2)cs1)C(C)C. The van der Waals surface area contributed by atoms with Gasteiger partial charge in [0.2, 0.25) is 11.8 Å². The molecule has 1 fully saturated rings. The van der Waals surface area contributed by atoms with Gasteiger partial charge in [-0.05, 0) is 73.4 Å². The van der Waals surface area contributed by atoms with E-state index in [0.717, 1.165) is 48.1 Å². The minimum Gasteiger partial charge on any atom is -0.481 e. The molecule has 59 heavy (non-hydrogen) atoms. The summed E-state index contributed by atoms with van der Waals surface area (Å²) < 4.78 is 11.3. The third-order valence-electron chi connectivity index (χ3n) is 11.9. The average Bonchev–Trinajstić information content (AvgIpc) is 3.72. The summed E-state index contributed by atoms with van der Waals surface area (Å²) in [6.45, 7) is 10.6. The summed E-state index contributed by atoms with van der Waals surface area (Å²) in [4.78, 5) is 75.5. The normalized spacial score (nSPS) is 20.1. The van der Waals surface area contributed by atoms with Gasteiger partial charge in [-0.3, -0.25) is 28.9 Å². The van der Waals surface area contributed by atoms with Crippen LogP contribution in [0.2, 0.25) is 0 Å². The number of fused-ring (bicyclic) bond motifs is 1. The highest BCUT2D eigenvalue weighted by Gasteiger charge is 2.39. The molecule has 2 heterocycles. The second kappa shape index (κ2) is 21.0. The van der Waals surface area contributed by atoms with Crippen LogP contribution in [0, 0.1) is 11.8 Å². The fourth-order valence-corrected chi connectivity index (χ4v) is 9.18. The number of methoxy groups -OCH3 is 1. The number of amides is 3. The quantitative estimate of drug-likeness (QED) is 0.125. The highest BCUT2D eigenvalue weighted by atomic mass is 32.1. The zero-order chi connectivity index (χ0) is 42.8. The summed E-state index contributed by atoms with van der Waals surface area (Å²) in [5.74, 6) is -3.39. The summed E-state index contributed by atoms with van der Waals surface area (Å²) in [6, 6.07) is 13.7. The van der Waals surface area contributed by atoms with Crippen molar-refractivity contribution in [3.8, 4) is 11.1 Å². The molecule has 3 amide bonds. The van der Waals surface area contributed by atoms with Gasteiger partial charge in [0.15, 0.2) is 6.10 Å². The number of hydrogen-bond donors (Lipinski definition) is 3. The Morgan fingerprint density at radius 3 is 2.44 bits per heavy atom. The van der Waals surface area contributed by atoms with Crippen LogP contribution < -0.4 is 10.6 Å². The molecule has 1 aliphatic carbocycles. The number of aliphatic carboxylic acids is 1. The van der Waals surface area contributed by atoms with Gasteiger partial charge in [-0.2, -0.15) is 0 Å². The Bertz CT molecular complexity index is 1920. The zero-order valence-electron chi connectivity index (χ0n) is 35.4. The number of benzene rings is 2. The molecule has 320 valence electrons. The van der Waals surface area contributed by atoms with Gasteiger partial charge in [0.05, 0.1) is 18.6 Å². The molecule has 1 aliphatic heterocycles. The number of carboxylic acid groups (broad SMARTS) is 1. The number of carbonyl (C=O) groups excluding carboxylic acids is 4. The Hall–Kier alpha value is -4.66. The highest BCUT2D eigenvalue weighted by Crippen LogP contribution is 2.36. The molecule has 5 rings (SSSR count). The van der Waals surface area contributed by atoms with Crippen LogP contribution in [0.25, 0.3) is 11.1 Å². The maximum absolute atomic E-state index is 14.7. The molecule has 7 atom stereocenters. The number of nitrogens with zero attached hydrogens (tertiary/aromatic N) is 3. The smallest absolute Gasteiger partial charge is 0.311 e. The number of nitrogens with one attached hydrogen (secondary N) is 2. The molecular weight excluding hydrogens is 771 g/mol. The third kappa shape index (κ3) is 11.5. The van der Waals surface area contributed by atoms with Crippen molar-refractivity contribution in [1.29, 1.82) is 0 Å². The number of rotatable bonds is 18. The van der Waals surface area contributed by atoms with E-state index >= 15 is 0 Å². The minimum atomic E-state index is -0.956. The summed E-state index contributed by atoms with van der Waals surface area (Å²) in [5.41, 5.74) is 3.67. The van der Waals surface area contributed by atoms with E-state index in [0.29, 0.717) is 17.8 Å². The van der Waals surface area contributed by atoms with Crippen LogP contribution in [0.4, 0.5) is 0 Å². The van der Waals surface area contributed by atoms with Crippen molar-refractivity contribution < 1.29 is 38.6 Å². The monoisotopic (exact) mass is 831 g/mol. The molecule has 3 aromatic rings. The van der Waals surface area contributed by atoms with Crippen LogP contribution >= 0.6 is 11.3 Å². The first-order valence-corrected chi connectivity index (χ1v) is 21.7. The Kier molecular flexibility index (Phi) is 16.2. The van der Waals surface area contributed by atoms with Crippen molar-refractivity contribution in [1.82, 2.24) is 25.4 Å². The van der Waals surface area contributed by atoms with Gasteiger partial charge >= 0.3 is 11.9 Å². The molecular formula is C45H61N5O8S. The Morgan fingerprint density at radius 1 is 1.05 bits per heavy atom. The van der Waals surface area contributed by atoms with E-state index in [4.69, 9.17) is 9.47 Å². The van der Waals surface area contributed by atoms with Crippen LogP contribution in [0.15, 0.2) is 53.9 Å². The van der Waals surface area contributed by atoms with E-state index in [1.54, 1.807) is 17.4 Å². The maximum atomic E-state index is 14.7. The van der Waals surface area contributed by atoms with E-state index < -0.39 is 48.0 Å². The van der Waals surface area contributed by atoms with Gasteiger partial charge in [0.1, 0.15) is 16.7 Å². The highest BCUT2D eigenvalue weighted by molar-refractivity contribution is 7.09. The third-order valence-corrected chi connectivity index (χ3v) is 12.8. The summed E-state index contributed by atoms with van der Waals surface area (Å²) in [5, 5.41) is 18.4. The predicted molar refractivity (Wildman–Crippen MR) is 227 cm³/mol. The van der Waals surface area contributed by atoms with Gasteiger partial charge in [0.25, 0.3) is 5.91 Å². The van der Waals surface area contributed by atoms with Crippen molar-refractivity contribution in [2.45, 2.75) is 116 Å². The first kappa shape index (κ1) is 45.4.